The van der Waals surface area contributed by atoms with Gasteiger partial charge in [-0.05, 0) is 13.0 Å². The predicted molar refractivity (Wildman–Crippen MR) is 93.2 cm³/mol. The SMILES string of the molecule is CCOC(=O)CCOC(=O)CC(=O)c1cc2c(o1)C(=O)c1ccccc1C2=O. The highest BCUT2D eigenvalue weighted by Crippen LogP contribution is 2.30. The molecule has 8 nitrogen and oxygen atoms in total. The van der Waals surface area contributed by atoms with E-state index in [1.807, 2.05) is 0 Å². The molecule has 0 saturated carbocycles. The fourth-order valence-electron chi connectivity index (χ4n) is 2.76. The summed E-state index contributed by atoms with van der Waals surface area (Å²) in [5.74, 6) is -3.53. The number of carbonyl (C=O) groups excluding carboxylic acids is 5. The summed E-state index contributed by atoms with van der Waals surface area (Å²) in [6.07, 6.45) is -0.769. The van der Waals surface area contributed by atoms with Crippen LogP contribution in [0.4, 0.5) is 0 Å². The van der Waals surface area contributed by atoms with Gasteiger partial charge in [-0.15, -0.1) is 0 Å². The van der Waals surface area contributed by atoms with Crippen LogP contribution in [0.1, 0.15) is 62.4 Å². The molecule has 0 spiro atoms. The molecule has 0 unspecified atom stereocenters. The first kappa shape index (κ1) is 19.2. The summed E-state index contributed by atoms with van der Waals surface area (Å²) in [5, 5.41) is 0. The van der Waals surface area contributed by atoms with E-state index in [4.69, 9.17) is 13.9 Å². The number of hydrogen-bond acceptors (Lipinski definition) is 8. The first-order valence-electron chi connectivity index (χ1n) is 8.59. The number of hydrogen-bond donors (Lipinski definition) is 0. The van der Waals surface area contributed by atoms with E-state index in [1.165, 1.54) is 18.2 Å². The van der Waals surface area contributed by atoms with Crippen molar-refractivity contribution in [3.05, 3.63) is 58.5 Å². The first-order chi connectivity index (χ1) is 13.4. The number of ketones is 3. The molecule has 1 aromatic heterocycles. The van der Waals surface area contributed by atoms with Gasteiger partial charge in [0.2, 0.25) is 11.6 Å². The van der Waals surface area contributed by atoms with Crippen LogP contribution in [0.2, 0.25) is 0 Å². The average Bonchev–Trinajstić information content (AvgIpc) is 3.12. The summed E-state index contributed by atoms with van der Waals surface area (Å²) >= 11 is 0. The molecule has 1 aromatic carbocycles. The highest BCUT2D eigenvalue weighted by molar-refractivity contribution is 6.28. The molecular formula is C20H16O8. The van der Waals surface area contributed by atoms with E-state index in [2.05, 4.69) is 0 Å². The van der Waals surface area contributed by atoms with Crippen molar-refractivity contribution in [1.29, 1.82) is 0 Å². The number of ether oxygens (including phenoxy) is 2. The quantitative estimate of drug-likeness (QED) is 0.345. The molecule has 144 valence electrons. The van der Waals surface area contributed by atoms with Crippen molar-refractivity contribution in [2.45, 2.75) is 19.8 Å². The minimum absolute atomic E-state index is 0.0114. The lowest BCUT2D eigenvalue weighted by molar-refractivity contribution is -0.148. The Kier molecular flexibility index (Phi) is 5.49. The van der Waals surface area contributed by atoms with E-state index in [9.17, 15) is 24.0 Å². The lowest BCUT2D eigenvalue weighted by atomic mass is 9.88. The Balaban J connectivity index is 1.67. The molecule has 0 atom stereocenters. The highest BCUT2D eigenvalue weighted by atomic mass is 16.5. The fourth-order valence-corrected chi connectivity index (χ4v) is 2.76. The zero-order valence-electron chi connectivity index (χ0n) is 15.0. The summed E-state index contributed by atoms with van der Waals surface area (Å²) in [5.41, 5.74) is 0.424. The van der Waals surface area contributed by atoms with E-state index in [1.54, 1.807) is 19.1 Å². The van der Waals surface area contributed by atoms with Crippen molar-refractivity contribution >= 4 is 29.3 Å². The van der Waals surface area contributed by atoms with Crippen LogP contribution in [0.5, 0.6) is 0 Å². The Hall–Kier alpha value is -3.55. The molecule has 0 aliphatic heterocycles. The molecule has 0 bridgehead atoms. The van der Waals surface area contributed by atoms with E-state index < -0.39 is 35.7 Å². The fraction of sp³-hybridized carbons (Fsp3) is 0.250. The third-order valence-corrected chi connectivity index (χ3v) is 4.05. The molecule has 0 N–H and O–H groups in total. The van der Waals surface area contributed by atoms with Gasteiger partial charge in [-0.2, -0.15) is 0 Å². The lowest BCUT2D eigenvalue weighted by Crippen LogP contribution is -2.18. The van der Waals surface area contributed by atoms with Gasteiger partial charge in [0.1, 0.15) is 13.0 Å². The van der Waals surface area contributed by atoms with E-state index in [-0.39, 0.29) is 47.8 Å². The minimum atomic E-state index is -0.857. The number of Topliss-reactive ketones (excluding diaryl/α,β-unsaturated/α-hetero) is 1. The van der Waals surface area contributed by atoms with Crippen molar-refractivity contribution in [3.8, 4) is 0 Å². The predicted octanol–water partition coefficient (Wildman–Crippen LogP) is 2.12. The van der Waals surface area contributed by atoms with Crippen LogP contribution in [0.3, 0.4) is 0 Å². The highest BCUT2D eigenvalue weighted by Gasteiger charge is 2.34. The van der Waals surface area contributed by atoms with Crippen molar-refractivity contribution in [2.75, 3.05) is 13.2 Å². The van der Waals surface area contributed by atoms with E-state index in [0.29, 0.717) is 0 Å². The average molecular weight is 384 g/mol. The second kappa shape index (κ2) is 7.99. The molecular weight excluding hydrogens is 368 g/mol. The molecule has 28 heavy (non-hydrogen) atoms. The van der Waals surface area contributed by atoms with Gasteiger partial charge in [0.25, 0.3) is 0 Å². The summed E-state index contributed by atoms with van der Waals surface area (Å²) in [4.78, 5) is 60.2. The number of rotatable bonds is 7. The van der Waals surface area contributed by atoms with Crippen LogP contribution in [-0.2, 0) is 19.1 Å². The Morgan fingerprint density at radius 1 is 0.929 bits per heavy atom. The molecule has 3 rings (SSSR count). The standard InChI is InChI=1S/C20H16O8/c1-2-26-16(22)7-8-27-17(23)10-14(21)15-9-13-18(24)11-5-3-4-6-12(11)19(25)20(13)28-15/h3-6,9H,2,7-8,10H2,1H3. The van der Waals surface area contributed by atoms with Gasteiger partial charge in [0.05, 0.1) is 18.6 Å². The molecule has 2 aromatic rings. The smallest absolute Gasteiger partial charge is 0.313 e. The minimum Gasteiger partial charge on any atom is -0.466 e. The zero-order chi connectivity index (χ0) is 20.3. The van der Waals surface area contributed by atoms with Crippen LogP contribution in [0.15, 0.2) is 34.7 Å². The molecule has 1 aliphatic carbocycles. The summed E-state index contributed by atoms with van der Waals surface area (Å²) in [7, 11) is 0. The van der Waals surface area contributed by atoms with E-state index in [0.717, 1.165) is 0 Å². The maximum Gasteiger partial charge on any atom is 0.313 e. The Labute approximate surface area is 159 Å². The number of fused-ring (bicyclic) bond motifs is 2. The normalized spacial score (nSPS) is 12.2. The number of benzene rings is 1. The molecule has 1 aliphatic rings. The van der Waals surface area contributed by atoms with Crippen molar-refractivity contribution < 1.29 is 37.9 Å². The van der Waals surface area contributed by atoms with Crippen LogP contribution in [0.25, 0.3) is 0 Å². The van der Waals surface area contributed by atoms with Gasteiger partial charge < -0.3 is 13.9 Å². The second-order valence-corrected chi connectivity index (χ2v) is 5.93. The first-order valence-corrected chi connectivity index (χ1v) is 8.59. The Morgan fingerprint density at radius 3 is 2.29 bits per heavy atom. The monoisotopic (exact) mass is 384 g/mol. The van der Waals surface area contributed by atoms with Crippen molar-refractivity contribution in [3.63, 3.8) is 0 Å². The molecule has 0 saturated heterocycles. The molecule has 1 heterocycles. The van der Waals surface area contributed by atoms with Crippen LogP contribution in [0, 0.1) is 0 Å². The van der Waals surface area contributed by atoms with E-state index >= 15 is 0 Å². The Bertz CT molecular complexity index is 929. The molecule has 8 heteroatoms. The van der Waals surface area contributed by atoms with Crippen molar-refractivity contribution in [2.24, 2.45) is 0 Å². The molecule has 0 radical (unpaired) electrons. The summed E-state index contributed by atoms with van der Waals surface area (Å²) in [6.45, 7) is 1.65. The van der Waals surface area contributed by atoms with Gasteiger partial charge in [0.15, 0.2) is 17.3 Å². The summed E-state index contributed by atoms with van der Waals surface area (Å²) < 4.78 is 14.8. The van der Waals surface area contributed by atoms with Crippen molar-refractivity contribution in [1.82, 2.24) is 0 Å². The molecule has 0 fully saturated rings. The third kappa shape index (κ3) is 3.75. The topological polar surface area (TPSA) is 117 Å². The number of esters is 2. The van der Waals surface area contributed by atoms with Crippen LogP contribution in [-0.4, -0.2) is 42.5 Å². The van der Waals surface area contributed by atoms with Gasteiger partial charge >= 0.3 is 11.9 Å². The van der Waals surface area contributed by atoms with Gasteiger partial charge in [-0.3, -0.25) is 24.0 Å². The Morgan fingerprint density at radius 2 is 1.61 bits per heavy atom. The lowest BCUT2D eigenvalue weighted by Gasteiger charge is -2.11. The summed E-state index contributed by atoms with van der Waals surface area (Å²) in [6, 6.07) is 7.45. The van der Waals surface area contributed by atoms with Gasteiger partial charge in [-0.25, -0.2) is 0 Å². The largest absolute Gasteiger partial charge is 0.466 e. The molecule has 0 amide bonds. The number of carbonyl (C=O) groups is 5. The zero-order valence-corrected chi connectivity index (χ0v) is 15.0. The van der Waals surface area contributed by atoms with Crippen LogP contribution >= 0.6 is 0 Å². The third-order valence-electron chi connectivity index (χ3n) is 4.05. The van der Waals surface area contributed by atoms with Gasteiger partial charge in [0, 0.05) is 11.1 Å². The number of furan rings is 1. The maximum absolute atomic E-state index is 12.5. The second-order valence-electron chi connectivity index (χ2n) is 5.93. The maximum atomic E-state index is 12.5. The van der Waals surface area contributed by atoms with Crippen LogP contribution < -0.4 is 0 Å². The van der Waals surface area contributed by atoms with Gasteiger partial charge in [-0.1, -0.05) is 24.3 Å².